The predicted octanol–water partition coefficient (Wildman–Crippen LogP) is 2.82. The van der Waals surface area contributed by atoms with E-state index in [9.17, 15) is 4.79 Å². The molecule has 1 fully saturated rings. The zero-order valence-corrected chi connectivity index (χ0v) is 13.5. The van der Waals surface area contributed by atoms with Crippen molar-refractivity contribution >= 4 is 6.09 Å². The van der Waals surface area contributed by atoms with Gasteiger partial charge in [0, 0.05) is 42.0 Å². The van der Waals surface area contributed by atoms with Crippen molar-refractivity contribution in [2.24, 2.45) is 5.92 Å². The Bertz CT molecular complexity index is 836. The van der Waals surface area contributed by atoms with E-state index in [0.717, 1.165) is 29.8 Å². The van der Waals surface area contributed by atoms with Crippen molar-refractivity contribution in [2.45, 2.75) is 12.3 Å². The van der Waals surface area contributed by atoms with Gasteiger partial charge in [-0.25, -0.2) is 4.79 Å². The Kier molecular flexibility index (Phi) is 3.70. The highest BCUT2D eigenvalue weighted by molar-refractivity contribution is 5.68. The normalized spacial score (nSPS) is 20.8. The Labute approximate surface area is 141 Å². The fraction of sp³-hybridized carbons (Fsp3) is 0.300. The molecule has 1 amide bonds. The zero-order valence-electron chi connectivity index (χ0n) is 13.5. The van der Waals surface area contributed by atoms with Gasteiger partial charge in [0.15, 0.2) is 0 Å². The Morgan fingerprint density at radius 2 is 2.00 bits per heavy atom. The van der Waals surface area contributed by atoms with Gasteiger partial charge >= 0.3 is 6.09 Å². The standard InChI is InChI=1S/C20H18N2O2/c1-24-20(23)22-12-17-10-16-9-15(11-21-19(16)18(17)13-22)8-7-14-5-3-2-4-6-14/h2-6,9,11,17-18H,10,12-13H2,1H3. The maximum atomic E-state index is 11.7. The highest BCUT2D eigenvalue weighted by atomic mass is 16.5. The molecule has 120 valence electrons. The van der Waals surface area contributed by atoms with E-state index in [1.54, 1.807) is 4.90 Å². The zero-order chi connectivity index (χ0) is 16.5. The second kappa shape index (κ2) is 6.01. The topological polar surface area (TPSA) is 42.4 Å². The smallest absolute Gasteiger partial charge is 0.409 e. The summed E-state index contributed by atoms with van der Waals surface area (Å²) in [5, 5.41) is 0. The number of hydrogen-bond donors (Lipinski definition) is 0. The number of carbonyl (C=O) groups is 1. The molecule has 1 aliphatic carbocycles. The molecule has 4 rings (SSSR count). The molecular weight excluding hydrogens is 300 g/mol. The molecule has 2 aliphatic rings. The summed E-state index contributed by atoms with van der Waals surface area (Å²) in [6, 6.07) is 12.1. The van der Waals surface area contributed by atoms with Gasteiger partial charge in [0.2, 0.25) is 0 Å². The lowest BCUT2D eigenvalue weighted by atomic mass is 9.99. The molecule has 24 heavy (non-hydrogen) atoms. The SMILES string of the molecule is COC(=O)N1CC2Cc3cc(C#Cc4ccccc4)cnc3C2C1. The summed E-state index contributed by atoms with van der Waals surface area (Å²) in [6.07, 6.45) is 2.57. The van der Waals surface area contributed by atoms with Crippen LogP contribution in [-0.2, 0) is 11.2 Å². The Morgan fingerprint density at radius 1 is 1.21 bits per heavy atom. The Morgan fingerprint density at radius 3 is 2.79 bits per heavy atom. The van der Waals surface area contributed by atoms with E-state index in [2.05, 4.69) is 22.9 Å². The first-order valence-electron chi connectivity index (χ1n) is 8.13. The fourth-order valence-corrected chi connectivity index (χ4v) is 3.70. The molecular formula is C20H18N2O2. The van der Waals surface area contributed by atoms with Gasteiger partial charge in [0.25, 0.3) is 0 Å². The number of carbonyl (C=O) groups excluding carboxylic acids is 1. The molecule has 1 aliphatic heterocycles. The number of methoxy groups -OCH3 is 1. The third kappa shape index (κ3) is 2.63. The lowest BCUT2D eigenvalue weighted by Crippen LogP contribution is -2.29. The number of ether oxygens (including phenoxy) is 1. The Hall–Kier alpha value is -2.80. The van der Waals surface area contributed by atoms with Gasteiger partial charge in [-0.2, -0.15) is 0 Å². The number of pyridine rings is 1. The number of hydrogen-bond acceptors (Lipinski definition) is 3. The maximum Gasteiger partial charge on any atom is 0.409 e. The molecule has 2 unspecified atom stereocenters. The number of likely N-dealkylation sites (tertiary alicyclic amines) is 1. The second-order valence-corrected chi connectivity index (χ2v) is 6.33. The van der Waals surface area contributed by atoms with E-state index >= 15 is 0 Å². The number of benzene rings is 1. The van der Waals surface area contributed by atoms with E-state index in [-0.39, 0.29) is 6.09 Å². The van der Waals surface area contributed by atoms with Crippen molar-refractivity contribution in [3.8, 4) is 11.8 Å². The number of aromatic nitrogens is 1. The summed E-state index contributed by atoms with van der Waals surface area (Å²) in [4.78, 5) is 18.1. The van der Waals surface area contributed by atoms with Crippen LogP contribution >= 0.6 is 0 Å². The minimum absolute atomic E-state index is 0.240. The molecule has 0 saturated carbocycles. The van der Waals surface area contributed by atoms with Crippen LogP contribution < -0.4 is 0 Å². The number of nitrogens with zero attached hydrogens (tertiary/aromatic N) is 2. The van der Waals surface area contributed by atoms with Crippen molar-refractivity contribution in [3.05, 3.63) is 65.0 Å². The lowest BCUT2D eigenvalue weighted by molar-refractivity contribution is 0.131. The van der Waals surface area contributed by atoms with Gasteiger partial charge in [-0.15, -0.1) is 0 Å². The summed E-state index contributed by atoms with van der Waals surface area (Å²) in [6.45, 7) is 1.45. The van der Waals surface area contributed by atoms with Crippen LogP contribution in [-0.4, -0.2) is 36.2 Å². The largest absolute Gasteiger partial charge is 0.453 e. The van der Waals surface area contributed by atoms with Gasteiger partial charge in [0.05, 0.1) is 7.11 Å². The molecule has 2 atom stereocenters. The molecule has 2 aromatic rings. The molecule has 0 spiro atoms. The van der Waals surface area contributed by atoms with Crippen LogP contribution in [0.3, 0.4) is 0 Å². The molecule has 1 saturated heterocycles. The van der Waals surface area contributed by atoms with Gasteiger partial charge < -0.3 is 9.64 Å². The van der Waals surface area contributed by atoms with Crippen molar-refractivity contribution in [1.82, 2.24) is 9.88 Å². The molecule has 0 bridgehead atoms. The number of amides is 1. The third-order valence-corrected chi connectivity index (χ3v) is 4.83. The second-order valence-electron chi connectivity index (χ2n) is 6.33. The van der Waals surface area contributed by atoms with Crippen LogP contribution in [0.4, 0.5) is 4.79 Å². The number of fused-ring (bicyclic) bond motifs is 3. The first-order chi connectivity index (χ1) is 11.7. The van der Waals surface area contributed by atoms with E-state index in [4.69, 9.17) is 4.74 Å². The number of rotatable bonds is 0. The molecule has 1 aromatic carbocycles. The first-order valence-corrected chi connectivity index (χ1v) is 8.13. The van der Waals surface area contributed by atoms with E-state index in [0.29, 0.717) is 18.4 Å². The van der Waals surface area contributed by atoms with Gasteiger partial charge in [-0.05, 0) is 36.1 Å². The van der Waals surface area contributed by atoms with Crippen LogP contribution in [0.5, 0.6) is 0 Å². The molecule has 4 nitrogen and oxygen atoms in total. The lowest BCUT2D eigenvalue weighted by Gasteiger charge is -2.15. The monoisotopic (exact) mass is 318 g/mol. The van der Waals surface area contributed by atoms with Crippen molar-refractivity contribution < 1.29 is 9.53 Å². The fourth-order valence-electron chi connectivity index (χ4n) is 3.70. The molecule has 2 heterocycles. The maximum absolute atomic E-state index is 11.7. The highest BCUT2D eigenvalue weighted by Gasteiger charge is 2.42. The van der Waals surface area contributed by atoms with Crippen molar-refractivity contribution in [3.63, 3.8) is 0 Å². The van der Waals surface area contributed by atoms with Crippen LogP contribution in [0.2, 0.25) is 0 Å². The van der Waals surface area contributed by atoms with Crippen LogP contribution in [0, 0.1) is 17.8 Å². The van der Waals surface area contributed by atoms with Crippen LogP contribution in [0.1, 0.15) is 28.3 Å². The predicted molar refractivity (Wildman–Crippen MR) is 90.6 cm³/mol. The molecule has 1 aromatic heterocycles. The minimum Gasteiger partial charge on any atom is -0.453 e. The highest BCUT2D eigenvalue weighted by Crippen LogP contribution is 2.42. The third-order valence-electron chi connectivity index (χ3n) is 4.83. The van der Waals surface area contributed by atoms with Crippen molar-refractivity contribution in [1.29, 1.82) is 0 Å². The summed E-state index contributed by atoms with van der Waals surface area (Å²) >= 11 is 0. The summed E-state index contributed by atoms with van der Waals surface area (Å²) in [5.41, 5.74) is 4.34. The first kappa shape index (κ1) is 14.8. The van der Waals surface area contributed by atoms with E-state index in [1.165, 1.54) is 12.7 Å². The van der Waals surface area contributed by atoms with Gasteiger partial charge in [-0.1, -0.05) is 30.0 Å². The average Bonchev–Trinajstić information content (AvgIpc) is 3.17. The molecule has 0 N–H and O–H groups in total. The molecule has 4 heteroatoms. The van der Waals surface area contributed by atoms with Crippen LogP contribution in [0.25, 0.3) is 0 Å². The Balaban J connectivity index is 1.54. The van der Waals surface area contributed by atoms with Crippen molar-refractivity contribution in [2.75, 3.05) is 20.2 Å². The van der Waals surface area contributed by atoms with Crippen LogP contribution in [0.15, 0.2) is 42.6 Å². The molecule has 0 radical (unpaired) electrons. The average molecular weight is 318 g/mol. The van der Waals surface area contributed by atoms with Gasteiger partial charge in [0.1, 0.15) is 0 Å². The summed E-state index contributed by atoms with van der Waals surface area (Å²) in [5.74, 6) is 7.15. The quantitative estimate of drug-likeness (QED) is 0.702. The van der Waals surface area contributed by atoms with E-state index < -0.39 is 0 Å². The summed E-state index contributed by atoms with van der Waals surface area (Å²) in [7, 11) is 1.43. The van der Waals surface area contributed by atoms with Gasteiger partial charge in [-0.3, -0.25) is 4.98 Å². The minimum atomic E-state index is -0.240. The summed E-state index contributed by atoms with van der Waals surface area (Å²) < 4.78 is 4.83. The van der Waals surface area contributed by atoms with E-state index in [1.807, 2.05) is 36.5 Å².